The van der Waals surface area contributed by atoms with Crippen LogP contribution < -0.4 is 4.74 Å². The lowest BCUT2D eigenvalue weighted by Gasteiger charge is -2.34. The molecule has 5 nitrogen and oxygen atoms in total. The number of aryl methyl sites for hydroxylation is 1. The van der Waals surface area contributed by atoms with Crippen molar-refractivity contribution >= 4 is 5.91 Å². The molecule has 1 aliphatic carbocycles. The number of nitrogens with zero attached hydrogens (tertiary/aromatic N) is 3. The molecule has 2 aromatic rings. The van der Waals surface area contributed by atoms with Crippen LogP contribution in [0.25, 0.3) is 0 Å². The maximum Gasteiger partial charge on any atom is 0.260 e. The van der Waals surface area contributed by atoms with E-state index in [2.05, 4.69) is 16.5 Å². The van der Waals surface area contributed by atoms with E-state index in [0.717, 1.165) is 31.7 Å². The second-order valence-electron chi connectivity index (χ2n) is 7.14. The van der Waals surface area contributed by atoms with Crippen molar-refractivity contribution in [2.24, 2.45) is 0 Å². The standard InChI is InChI=1S/C20H25N3O2/c1-15-12-21-20(16-9-10-16)23(15)17-6-5-11-22(13-17)19(24)14-25-18-7-3-2-4-8-18/h2-4,7-8,12,16-17H,5-6,9-11,13-14H2,1H3. The summed E-state index contributed by atoms with van der Waals surface area (Å²) in [6, 6.07) is 9.86. The van der Waals surface area contributed by atoms with E-state index in [4.69, 9.17) is 4.74 Å². The molecule has 2 aliphatic rings. The Morgan fingerprint density at radius 3 is 2.80 bits per heavy atom. The fraction of sp³-hybridized carbons (Fsp3) is 0.500. The summed E-state index contributed by atoms with van der Waals surface area (Å²) in [5.74, 6) is 2.66. The molecule has 1 saturated carbocycles. The zero-order chi connectivity index (χ0) is 17.2. The van der Waals surface area contributed by atoms with E-state index in [-0.39, 0.29) is 12.5 Å². The molecule has 1 unspecified atom stereocenters. The Morgan fingerprint density at radius 2 is 2.04 bits per heavy atom. The number of piperidine rings is 1. The monoisotopic (exact) mass is 339 g/mol. The zero-order valence-corrected chi connectivity index (χ0v) is 14.7. The van der Waals surface area contributed by atoms with Crippen LogP contribution in [-0.2, 0) is 4.79 Å². The summed E-state index contributed by atoms with van der Waals surface area (Å²) in [7, 11) is 0. The van der Waals surface area contributed by atoms with Crippen molar-refractivity contribution in [2.45, 2.75) is 44.6 Å². The molecule has 0 bridgehead atoms. The lowest BCUT2D eigenvalue weighted by molar-refractivity contribution is -0.135. The van der Waals surface area contributed by atoms with Crippen LogP contribution in [-0.4, -0.2) is 40.1 Å². The normalized spacial score (nSPS) is 20.5. The number of hydrogen-bond donors (Lipinski definition) is 0. The summed E-state index contributed by atoms with van der Waals surface area (Å²) in [6.45, 7) is 3.81. The van der Waals surface area contributed by atoms with Gasteiger partial charge in [-0.3, -0.25) is 4.79 Å². The molecule has 2 fully saturated rings. The zero-order valence-electron chi connectivity index (χ0n) is 14.7. The van der Waals surface area contributed by atoms with Gasteiger partial charge in [0.25, 0.3) is 5.91 Å². The SMILES string of the molecule is Cc1cnc(C2CC2)n1C1CCCN(C(=O)COc2ccccc2)C1. The highest BCUT2D eigenvalue weighted by Gasteiger charge is 2.33. The van der Waals surface area contributed by atoms with Gasteiger partial charge in [0.1, 0.15) is 11.6 Å². The van der Waals surface area contributed by atoms with E-state index in [9.17, 15) is 4.79 Å². The average Bonchev–Trinajstić information content (AvgIpc) is 3.42. The fourth-order valence-electron chi connectivity index (χ4n) is 3.73. The van der Waals surface area contributed by atoms with Gasteiger partial charge in [0.2, 0.25) is 0 Å². The van der Waals surface area contributed by atoms with Gasteiger partial charge in [0, 0.05) is 30.9 Å². The van der Waals surface area contributed by atoms with Gasteiger partial charge in [0.15, 0.2) is 6.61 Å². The number of benzene rings is 1. The van der Waals surface area contributed by atoms with E-state index in [0.29, 0.717) is 12.0 Å². The third kappa shape index (κ3) is 3.55. The van der Waals surface area contributed by atoms with Crippen LogP contribution in [0.5, 0.6) is 5.75 Å². The molecule has 5 heteroatoms. The summed E-state index contributed by atoms with van der Waals surface area (Å²) >= 11 is 0. The van der Waals surface area contributed by atoms with Crippen molar-refractivity contribution in [1.29, 1.82) is 0 Å². The van der Waals surface area contributed by atoms with E-state index >= 15 is 0 Å². The Bertz CT molecular complexity index is 737. The number of ether oxygens (including phenoxy) is 1. The number of carbonyl (C=O) groups is 1. The third-order valence-electron chi connectivity index (χ3n) is 5.17. The van der Waals surface area contributed by atoms with Gasteiger partial charge in [-0.25, -0.2) is 4.98 Å². The molecule has 0 N–H and O–H groups in total. The van der Waals surface area contributed by atoms with Crippen molar-refractivity contribution in [3.05, 3.63) is 48.0 Å². The molecule has 1 atom stereocenters. The van der Waals surface area contributed by atoms with E-state index in [1.54, 1.807) is 0 Å². The minimum Gasteiger partial charge on any atom is -0.484 e. The van der Waals surface area contributed by atoms with Crippen molar-refractivity contribution in [2.75, 3.05) is 19.7 Å². The first-order valence-corrected chi connectivity index (χ1v) is 9.21. The van der Waals surface area contributed by atoms with Crippen LogP contribution in [0.15, 0.2) is 36.5 Å². The molecule has 0 radical (unpaired) electrons. The van der Waals surface area contributed by atoms with Gasteiger partial charge >= 0.3 is 0 Å². The predicted octanol–water partition coefficient (Wildman–Crippen LogP) is 3.31. The first-order chi connectivity index (χ1) is 12.2. The van der Waals surface area contributed by atoms with Crippen LogP contribution in [0.4, 0.5) is 0 Å². The Balaban J connectivity index is 1.41. The number of aromatic nitrogens is 2. The molecular weight excluding hydrogens is 314 g/mol. The van der Waals surface area contributed by atoms with E-state index < -0.39 is 0 Å². The van der Waals surface area contributed by atoms with Gasteiger partial charge in [-0.05, 0) is 44.7 Å². The highest BCUT2D eigenvalue weighted by molar-refractivity contribution is 5.77. The van der Waals surface area contributed by atoms with Crippen LogP contribution in [0.2, 0.25) is 0 Å². The highest BCUT2D eigenvalue weighted by atomic mass is 16.5. The molecule has 25 heavy (non-hydrogen) atoms. The number of likely N-dealkylation sites (tertiary alicyclic amines) is 1. The number of para-hydroxylation sites is 1. The first kappa shape index (κ1) is 16.2. The molecular formula is C20H25N3O2. The number of imidazole rings is 1. The largest absolute Gasteiger partial charge is 0.484 e. The van der Waals surface area contributed by atoms with Gasteiger partial charge in [-0.1, -0.05) is 18.2 Å². The van der Waals surface area contributed by atoms with Gasteiger partial charge in [-0.2, -0.15) is 0 Å². The molecule has 4 rings (SSSR count). The maximum absolute atomic E-state index is 12.6. The van der Waals surface area contributed by atoms with Crippen molar-refractivity contribution in [3.63, 3.8) is 0 Å². The summed E-state index contributed by atoms with van der Waals surface area (Å²) in [5.41, 5.74) is 1.21. The number of carbonyl (C=O) groups excluding carboxylic acids is 1. The minimum absolute atomic E-state index is 0.0688. The van der Waals surface area contributed by atoms with Gasteiger partial charge in [0.05, 0.1) is 6.04 Å². The van der Waals surface area contributed by atoms with E-state index in [1.807, 2.05) is 41.4 Å². The number of rotatable bonds is 5. The summed E-state index contributed by atoms with van der Waals surface area (Å²) in [4.78, 5) is 19.2. The number of amides is 1. The molecule has 1 amide bonds. The second kappa shape index (κ2) is 6.90. The number of hydrogen-bond acceptors (Lipinski definition) is 3. The van der Waals surface area contributed by atoms with Crippen molar-refractivity contribution < 1.29 is 9.53 Å². The van der Waals surface area contributed by atoms with Gasteiger partial charge in [-0.15, -0.1) is 0 Å². The topological polar surface area (TPSA) is 47.4 Å². The molecule has 0 spiro atoms. The molecule has 1 saturated heterocycles. The van der Waals surface area contributed by atoms with Crippen molar-refractivity contribution in [1.82, 2.24) is 14.5 Å². The first-order valence-electron chi connectivity index (χ1n) is 9.21. The Labute approximate surface area is 148 Å². The highest BCUT2D eigenvalue weighted by Crippen LogP contribution is 2.41. The molecule has 132 valence electrons. The van der Waals surface area contributed by atoms with Gasteiger partial charge < -0.3 is 14.2 Å². The van der Waals surface area contributed by atoms with Crippen LogP contribution in [0.3, 0.4) is 0 Å². The molecule has 1 aromatic carbocycles. The molecule has 1 aromatic heterocycles. The smallest absolute Gasteiger partial charge is 0.260 e. The summed E-state index contributed by atoms with van der Waals surface area (Å²) in [6.07, 6.45) is 6.62. The van der Waals surface area contributed by atoms with E-state index in [1.165, 1.54) is 24.4 Å². The fourth-order valence-corrected chi connectivity index (χ4v) is 3.73. The van der Waals surface area contributed by atoms with Crippen LogP contribution in [0.1, 0.15) is 49.2 Å². The quantitative estimate of drug-likeness (QED) is 0.840. The predicted molar refractivity (Wildman–Crippen MR) is 95.7 cm³/mol. The van der Waals surface area contributed by atoms with Crippen LogP contribution >= 0.6 is 0 Å². The average molecular weight is 339 g/mol. The third-order valence-corrected chi connectivity index (χ3v) is 5.17. The molecule has 2 heterocycles. The Morgan fingerprint density at radius 1 is 1.24 bits per heavy atom. The lowest BCUT2D eigenvalue weighted by Crippen LogP contribution is -2.43. The second-order valence-corrected chi connectivity index (χ2v) is 7.14. The molecule has 1 aliphatic heterocycles. The lowest BCUT2D eigenvalue weighted by atomic mass is 10.0. The summed E-state index contributed by atoms with van der Waals surface area (Å²) < 4.78 is 8.02. The minimum atomic E-state index is 0.0688. The Hall–Kier alpha value is -2.30. The van der Waals surface area contributed by atoms with Crippen molar-refractivity contribution in [3.8, 4) is 5.75 Å². The van der Waals surface area contributed by atoms with Crippen LogP contribution in [0, 0.1) is 6.92 Å². The summed E-state index contributed by atoms with van der Waals surface area (Å²) in [5, 5.41) is 0. The Kier molecular flexibility index (Phi) is 4.47. The maximum atomic E-state index is 12.6.